The van der Waals surface area contributed by atoms with E-state index in [0.29, 0.717) is 0 Å². The van der Waals surface area contributed by atoms with Crippen molar-refractivity contribution in [3.8, 4) is 0 Å². The number of hydrogen-bond acceptors (Lipinski definition) is 3. The normalized spacial score (nSPS) is 8.56. The molecule has 2 rings (SSSR count). The van der Waals surface area contributed by atoms with Gasteiger partial charge in [-0.3, -0.25) is 0 Å². The zero-order chi connectivity index (χ0) is 9.80. The minimum atomic E-state index is 0. The molecule has 0 aliphatic heterocycles. The number of nitrogens with zero attached hydrogens (tertiary/aromatic N) is 2. The predicted octanol–water partition coefficient (Wildman–Crippen LogP) is 2.78. The zero-order valence-corrected chi connectivity index (χ0v) is 12.2. The van der Waals surface area contributed by atoms with E-state index in [0.717, 1.165) is 17.1 Å². The Balaban J connectivity index is 0.00000112. The molecule has 82 valence electrons. The van der Waals surface area contributed by atoms with Gasteiger partial charge in [0.15, 0.2) is 0 Å². The average Bonchev–Trinajstić information content (AvgIpc) is 2.23. The van der Waals surface area contributed by atoms with E-state index in [2.05, 4.69) is 21.5 Å². The number of hydrogen-bond donors (Lipinski definition) is 1. The summed E-state index contributed by atoms with van der Waals surface area (Å²) in [5.41, 5.74) is 1.93. The van der Waals surface area contributed by atoms with Crippen LogP contribution < -0.4 is 5.32 Å². The van der Waals surface area contributed by atoms with Gasteiger partial charge in [0.05, 0.1) is 0 Å². The molecular weight excluding hydrogens is 370 g/mol. The molecular formula is C12H13N3W. The number of anilines is 2. The van der Waals surface area contributed by atoms with E-state index in [1.165, 1.54) is 6.33 Å². The molecule has 0 fully saturated rings. The third-order valence-corrected chi connectivity index (χ3v) is 1.87. The van der Waals surface area contributed by atoms with E-state index in [-0.39, 0.29) is 28.5 Å². The summed E-state index contributed by atoms with van der Waals surface area (Å²) in [6, 6.07) is 9.90. The summed E-state index contributed by atoms with van der Waals surface area (Å²) < 4.78 is 0. The fraction of sp³-hybridized carbons (Fsp3) is 0.0833. The summed E-state index contributed by atoms with van der Waals surface area (Å²) in [5.74, 6) is 0.797. The van der Waals surface area contributed by atoms with Crippen molar-refractivity contribution in [3.05, 3.63) is 55.8 Å². The molecule has 0 aliphatic carbocycles. The van der Waals surface area contributed by atoms with Gasteiger partial charge in [-0.15, -0.1) is 5.56 Å². The first-order chi connectivity index (χ1) is 6.86. The van der Waals surface area contributed by atoms with Crippen molar-refractivity contribution in [2.24, 2.45) is 0 Å². The molecule has 16 heavy (non-hydrogen) atoms. The van der Waals surface area contributed by atoms with Gasteiger partial charge in [-0.2, -0.15) is 0 Å². The number of rotatable bonds is 2. The topological polar surface area (TPSA) is 37.8 Å². The van der Waals surface area contributed by atoms with Crippen molar-refractivity contribution in [2.75, 3.05) is 5.32 Å². The van der Waals surface area contributed by atoms with Crippen LogP contribution in [-0.4, -0.2) is 9.97 Å². The maximum Gasteiger partial charge on any atom is 2.00 e. The van der Waals surface area contributed by atoms with Gasteiger partial charge in [0.25, 0.3) is 0 Å². The van der Waals surface area contributed by atoms with Crippen molar-refractivity contribution < 1.29 is 21.1 Å². The molecule has 0 unspecified atom stereocenters. The molecule has 3 nitrogen and oxygen atoms in total. The summed E-state index contributed by atoms with van der Waals surface area (Å²) in [6.07, 6.45) is 4.33. The van der Waals surface area contributed by atoms with Crippen LogP contribution in [0.3, 0.4) is 0 Å². The number of aryl methyl sites for hydroxylation is 1. The van der Waals surface area contributed by atoms with Gasteiger partial charge in [-0.25, -0.2) is 0 Å². The van der Waals surface area contributed by atoms with Gasteiger partial charge in [0.1, 0.15) is 0 Å². The largest absolute Gasteiger partial charge is 2.00 e. The fourth-order valence-corrected chi connectivity index (χ4v) is 1.15. The molecule has 1 N–H and O–H groups in total. The van der Waals surface area contributed by atoms with Crippen LogP contribution in [-0.2, 0) is 21.1 Å². The van der Waals surface area contributed by atoms with Gasteiger partial charge in [-0.05, 0) is 12.1 Å². The molecule has 0 amide bonds. The molecule has 1 aromatic carbocycles. The summed E-state index contributed by atoms with van der Waals surface area (Å²) in [4.78, 5) is 7.93. The second-order valence-electron chi connectivity index (χ2n) is 2.95. The first kappa shape index (κ1) is 14.8. The smallest absolute Gasteiger partial charge is 0.393 e. The van der Waals surface area contributed by atoms with Crippen LogP contribution in [0.4, 0.5) is 11.5 Å². The van der Waals surface area contributed by atoms with E-state index in [1.54, 1.807) is 0 Å². The van der Waals surface area contributed by atoms with Crippen LogP contribution in [0.15, 0.2) is 36.7 Å². The Morgan fingerprint density at radius 1 is 1.19 bits per heavy atom. The standard InChI is InChI=1S/C11H10N3.CH3.W/c1-9-7-12-8-13-11(9)14-10-5-3-2-4-6-10;;/h2-6,8H,1H3,(H,12,13,14);1H3;/q2*-1;+2. The Morgan fingerprint density at radius 2 is 1.88 bits per heavy atom. The molecule has 2 aromatic rings. The van der Waals surface area contributed by atoms with Crippen LogP contribution in [0.2, 0.25) is 0 Å². The zero-order valence-electron chi connectivity index (χ0n) is 9.27. The molecule has 0 spiro atoms. The Kier molecular flexibility index (Phi) is 6.59. The van der Waals surface area contributed by atoms with Gasteiger partial charge in [0.2, 0.25) is 0 Å². The first-order valence-corrected chi connectivity index (χ1v) is 4.37. The molecule has 0 aliphatic rings. The molecule has 0 saturated carbocycles. The minimum absolute atomic E-state index is 0. The molecule has 0 saturated heterocycles. The number of benzene rings is 1. The monoisotopic (exact) mass is 383 g/mol. The van der Waals surface area contributed by atoms with Crippen LogP contribution >= 0.6 is 0 Å². The quantitative estimate of drug-likeness (QED) is 0.811. The maximum absolute atomic E-state index is 4.12. The van der Waals surface area contributed by atoms with Crippen LogP contribution in [0.5, 0.6) is 0 Å². The Morgan fingerprint density at radius 3 is 2.50 bits per heavy atom. The third-order valence-electron chi connectivity index (χ3n) is 1.87. The first-order valence-electron chi connectivity index (χ1n) is 4.37. The van der Waals surface area contributed by atoms with Gasteiger partial charge >= 0.3 is 21.1 Å². The molecule has 0 radical (unpaired) electrons. The number of aromatic nitrogens is 2. The Bertz CT molecular complexity index is 418. The third kappa shape index (κ3) is 3.74. The number of para-hydroxylation sites is 1. The predicted molar refractivity (Wildman–Crippen MR) is 61.7 cm³/mol. The van der Waals surface area contributed by atoms with Gasteiger partial charge < -0.3 is 22.7 Å². The summed E-state index contributed by atoms with van der Waals surface area (Å²) in [7, 11) is 0. The van der Waals surface area contributed by atoms with E-state index in [9.17, 15) is 0 Å². The molecule has 1 aromatic heterocycles. The van der Waals surface area contributed by atoms with Crippen molar-refractivity contribution >= 4 is 11.5 Å². The summed E-state index contributed by atoms with van der Waals surface area (Å²) in [5, 5.41) is 3.19. The van der Waals surface area contributed by atoms with Crippen LogP contribution in [0, 0.1) is 20.5 Å². The average molecular weight is 383 g/mol. The summed E-state index contributed by atoms with van der Waals surface area (Å²) in [6.45, 7) is 1.92. The van der Waals surface area contributed by atoms with Crippen LogP contribution in [0.25, 0.3) is 0 Å². The Labute approximate surface area is 111 Å². The van der Waals surface area contributed by atoms with Crippen molar-refractivity contribution in [1.29, 1.82) is 0 Å². The second-order valence-corrected chi connectivity index (χ2v) is 2.95. The van der Waals surface area contributed by atoms with Crippen molar-refractivity contribution in [1.82, 2.24) is 9.97 Å². The van der Waals surface area contributed by atoms with E-state index in [1.807, 2.05) is 37.3 Å². The maximum atomic E-state index is 4.12. The van der Waals surface area contributed by atoms with E-state index in [4.69, 9.17) is 0 Å². The van der Waals surface area contributed by atoms with Gasteiger partial charge in [0, 0.05) is 17.8 Å². The number of nitrogens with one attached hydrogen (secondary N) is 1. The fourth-order valence-electron chi connectivity index (χ4n) is 1.15. The van der Waals surface area contributed by atoms with Gasteiger partial charge in [-0.1, -0.05) is 31.3 Å². The van der Waals surface area contributed by atoms with Crippen molar-refractivity contribution in [3.63, 3.8) is 0 Å². The SMILES string of the molecule is Cc1[c-]ncnc1Nc1ccccc1.[CH3-].[W+2]. The summed E-state index contributed by atoms with van der Waals surface area (Å²) >= 11 is 0. The van der Waals surface area contributed by atoms with E-state index >= 15 is 0 Å². The van der Waals surface area contributed by atoms with Crippen LogP contribution in [0.1, 0.15) is 5.56 Å². The second kappa shape index (κ2) is 7.13. The molecule has 1 heterocycles. The molecule has 4 heteroatoms. The minimum Gasteiger partial charge on any atom is -0.393 e. The van der Waals surface area contributed by atoms with E-state index < -0.39 is 0 Å². The molecule has 0 atom stereocenters. The molecule has 0 bridgehead atoms. The Hall–Kier alpha value is -1.21. The van der Waals surface area contributed by atoms with Crippen molar-refractivity contribution in [2.45, 2.75) is 6.92 Å².